The molecule has 9 nitrogen and oxygen atoms in total. The zero-order chi connectivity index (χ0) is 21.4. The summed E-state index contributed by atoms with van der Waals surface area (Å²) in [6.45, 7) is 12.1. The number of aromatic nitrogens is 3. The van der Waals surface area contributed by atoms with Gasteiger partial charge >= 0.3 is 0 Å². The minimum atomic E-state index is -0.608. The molecule has 0 saturated carbocycles. The van der Waals surface area contributed by atoms with Crippen molar-refractivity contribution < 1.29 is 13.9 Å². The number of nitrogens with two attached hydrogens (primary N) is 1. The van der Waals surface area contributed by atoms with Crippen molar-refractivity contribution >= 4 is 28.9 Å². The van der Waals surface area contributed by atoms with E-state index in [-0.39, 0.29) is 30.2 Å². The van der Waals surface area contributed by atoms with Crippen molar-refractivity contribution in [3.8, 4) is 5.75 Å². The first-order valence-electron chi connectivity index (χ1n) is 9.46. The first kappa shape index (κ1) is 19.4. The number of halogens is 1. The van der Waals surface area contributed by atoms with E-state index in [4.69, 9.17) is 17.0 Å². The van der Waals surface area contributed by atoms with Crippen LogP contribution in [-0.2, 0) is 6.54 Å². The molecule has 154 valence electrons. The molecule has 0 fully saturated rings. The molecule has 30 heavy (non-hydrogen) atoms. The van der Waals surface area contributed by atoms with Gasteiger partial charge in [0, 0.05) is 24.8 Å². The standard InChI is InChI=1S/C20H20FN7O2/c1-4-27-10-12-14(6-5-13(21)17(12)23-3)30-11(2)9-24-20(29)16-18(22)26-28-8-7-15(27)25-19(16)28/h5-8,11H,4,9-10H2,1-2H3,(H2,22,26)(H,24,29)/t11-/m0/s1. The molecule has 4 rings (SSSR count). The zero-order valence-electron chi connectivity index (χ0n) is 16.5. The molecule has 1 aromatic carbocycles. The van der Waals surface area contributed by atoms with Gasteiger partial charge in [-0.25, -0.2) is 18.7 Å². The monoisotopic (exact) mass is 409 g/mol. The van der Waals surface area contributed by atoms with Gasteiger partial charge in [0.05, 0.1) is 13.1 Å². The Balaban J connectivity index is 1.92. The average molecular weight is 409 g/mol. The third kappa shape index (κ3) is 3.24. The minimum Gasteiger partial charge on any atom is -0.490 e. The highest BCUT2D eigenvalue weighted by molar-refractivity contribution is 6.04. The predicted octanol–water partition coefficient (Wildman–Crippen LogP) is 2.54. The number of benzene rings is 1. The lowest BCUT2D eigenvalue weighted by Gasteiger charge is -2.25. The zero-order valence-corrected chi connectivity index (χ0v) is 16.5. The van der Waals surface area contributed by atoms with E-state index in [0.717, 1.165) is 0 Å². The molecule has 10 heteroatoms. The highest BCUT2D eigenvalue weighted by atomic mass is 19.1. The van der Waals surface area contributed by atoms with Crippen LogP contribution in [0.4, 0.5) is 21.7 Å². The van der Waals surface area contributed by atoms with Crippen LogP contribution in [0.3, 0.4) is 0 Å². The smallest absolute Gasteiger partial charge is 0.259 e. The number of rotatable bonds is 1. The SMILES string of the molecule is [C-]#[N+]c1c(F)ccc2c1CN(CC)c1ccn3nc(N)c(c3n1)C(=O)NC[C@H](C)O2. The van der Waals surface area contributed by atoms with Crippen molar-refractivity contribution in [3.05, 3.63) is 52.8 Å². The molecule has 0 radical (unpaired) electrons. The molecule has 1 aliphatic heterocycles. The maximum Gasteiger partial charge on any atom is 0.259 e. The van der Waals surface area contributed by atoms with Crippen LogP contribution < -0.4 is 20.7 Å². The van der Waals surface area contributed by atoms with Gasteiger partial charge < -0.3 is 20.7 Å². The Hall–Kier alpha value is -3.87. The first-order valence-corrected chi connectivity index (χ1v) is 9.46. The summed E-state index contributed by atoms with van der Waals surface area (Å²) in [5, 5.41) is 6.93. The molecule has 0 saturated heterocycles. The number of ether oxygens (including phenoxy) is 1. The highest BCUT2D eigenvalue weighted by Crippen LogP contribution is 2.35. The lowest BCUT2D eigenvalue weighted by molar-refractivity contribution is 0.0934. The van der Waals surface area contributed by atoms with Crippen molar-refractivity contribution in [2.45, 2.75) is 26.5 Å². The molecule has 0 unspecified atom stereocenters. The van der Waals surface area contributed by atoms with E-state index < -0.39 is 17.8 Å². The predicted molar refractivity (Wildman–Crippen MR) is 109 cm³/mol. The maximum absolute atomic E-state index is 14.4. The number of amides is 1. The molecule has 1 atom stereocenters. The van der Waals surface area contributed by atoms with Crippen LogP contribution in [0.25, 0.3) is 10.5 Å². The van der Waals surface area contributed by atoms with E-state index in [9.17, 15) is 9.18 Å². The highest BCUT2D eigenvalue weighted by Gasteiger charge is 2.24. The van der Waals surface area contributed by atoms with Gasteiger partial charge in [-0.1, -0.05) is 0 Å². The third-order valence-electron chi connectivity index (χ3n) is 4.96. The summed E-state index contributed by atoms with van der Waals surface area (Å²) in [6.07, 6.45) is 1.23. The van der Waals surface area contributed by atoms with E-state index in [1.807, 2.05) is 11.8 Å². The summed E-state index contributed by atoms with van der Waals surface area (Å²) in [5.41, 5.74) is 6.81. The van der Waals surface area contributed by atoms with Crippen LogP contribution in [0, 0.1) is 12.4 Å². The van der Waals surface area contributed by atoms with Crippen LogP contribution >= 0.6 is 0 Å². The fourth-order valence-electron chi connectivity index (χ4n) is 3.43. The Morgan fingerprint density at radius 1 is 1.43 bits per heavy atom. The van der Waals surface area contributed by atoms with Crippen LogP contribution in [0.2, 0.25) is 0 Å². The lowest BCUT2D eigenvalue weighted by atomic mass is 10.1. The molecule has 3 heterocycles. The van der Waals surface area contributed by atoms with Crippen molar-refractivity contribution in [2.75, 3.05) is 23.7 Å². The van der Waals surface area contributed by atoms with Gasteiger partial charge in [-0.3, -0.25) is 4.79 Å². The Morgan fingerprint density at radius 2 is 2.23 bits per heavy atom. The summed E-state index contributed by atoms with van der Waals surface area (Å²) in [5.74, 6) is -0.0128. The summed E-state index contributed by atoms with van der Waals surface area (Å²) in [6, 6.07) is 4.45. The second kappa shape index (κ2) is 7.51. The van der Waals surface area contributed by atoms with Gasteiger partial charge in [-0.05, 0) is 32.0 Å². The van der Waals surface area contributed by atoms with Crippen molar-refractivity contribution in [1.29, 1.82) is 0 Å². The van der Waals surface area contributed by atoms with E-state index in [0.29, 0.717) is 29.3 Å². The van der Waals surface area contributed by atoms with Crippen LogP contribution in [0.1, 0.15) is 29.8 Å². The largest absolute Gasteiger partial charge is 0.490 e. The minimum absolute atomic E-state index is 0.0734. The Bertz CT molecular complexity index is 1180. The maximum atomic E-state index is 14.4. The van der Waals surface area contributed by atoms with Crippen molar-refractivity contribution in [2.24, 2.45) is 0 Å². The Kier molecular flexibility index (Phi) is 4.87. The molecule has 0 aliphatic carbocycles. The van der Waals surface area contributed by atoms with Crippen molar-refractivity contribution in [1.82, 2.24) is 19.9 Å². The molecule has 1 amide bonds. The normalized spacial score (nSPS) is 16.7. The fraction of sp³-hybridized carbons (Fsp3) is 0.300. The van der Waals surface area contributed by atoms with E-state index in [2.05, 4.69) is 20.2 Å². The van der Waals surface area contributed by atoms with Crippen LogP contribution in [0.15, 0.2) is 24.4 Å². The fourth-order valence-corrected chi connectivity index (χ4v) is 3.43. The summed E-state index contributed by atoms with van der Waals surface area (Å²) in [4.78, 5) is 22.6. The molecular weight excluding hydrogens is 389 g/mol. The van der Waals surface area contributed by atoms with Gasteiger partial charge in [-0.2, -0.15) is 0 Å². The second-order valence-electron chi connectivity index (χ2n) is 6.95. The topological polar surface area (TPSA) is 102 Å². The number of hydrogen-bond acceptors (Lipinski definition) is 6. The number of fused-ring (bicyclic) bond motifs is 2. The van der Waals surface area contributed by atoms with Gasteiger partial charge in [0.1, 0.15) is 29.1 Å². The number of nitrogens with zero attached hydrogens (tertiary/aromatic N) is 5. The quantitative estimate of drug-likeness (QED) is 0.599. The van der Waals surface area contributed by atoms with E-state index in [1.54, 1.807) is 19.2 Å². The molecular formula is C20H20FN7O2. The third-order valence-corrected chi connectivity index (χ3v) is 4.96. The summed E-state index contributed by atoms with van der Waals surface area (Å²) < 4.78 is 21.8. The first-order chi connectivity index (χ1) is 14.4. The molecule has 2 aromatic heterocycles. The number of carbonyl (C=O) groups is 1. The number of anilines is 2. The number of nitrogens with one attached hydrogen (secondary N) is 1. The Labute approximate surface area is 172 Å². The molecule has 0 spiro atoms. The molecule has 3 aromatic rings. The van der Waals surface area contributed by atoms with Crippen molar-refractivity contribution in [3.63, 3.8) is 0 Å². The Morgan fingerprint density at radius 3 is 2.97 bits per heavy atom. The summed E-state index contributed by atoms with van der Waals surface area (Å²) in [7, 11) is 0. The molecule has 2 bridgehead atoms. The lowest BCUT2D eigenvalue weighted by Crippen LogP contribution is -2.34. The number of hydrogen-bond donors (Lipinski definition) is 2. The van der Waals surface area contributed by atoms with Crippen LogP contribution in [-0.4, -0.2) is 39.7 Å². The second-order valence-corrected chi connectivity index (χ2v) is 6.95. The number of nitrogen functional groups attached to an aromatic ring is 1. The molecule has 1 aliphatic rings. The number of carbonyl (C=O) groups excluding carboxylic acids is 1. The van der Waals surface area contributed by atoms with Gasteiger partial charge in [0.25, 0.3) is 5.91 Å². The average Bonchev–Trinajstić information content (AvgIpc) is 3.06. The van der Waals surface area contributed by atoms with Gasteiger partial charge in [0.15, 0.2) is 11.5 Å². The molecule has 3 N–H and O–H groups in total. The van der Waals surface area contributed by atoms with Gasteiger partial charge in [-0.15, -0.1) is 5.10 Å². The van der Waals surface area contributed by atoms with Gasteiger partial charge in [0.2, 0.25) is 5.69 Å². The van der Waals surface area contributed by atoms with Crippen LogP contribution in [0.5, 0.6) is 5.75 Å². The van der Waals surface area contributed by atoms with E-state index in [1.165, 1.54) is 16.6 Å². The van der Waals surface area contributed by atoms with E-state index >= 15 is 0 Å². The summed E-state index contributed by atoms with van der Waals surface area (Å²) >= 11 is 0.